The molecule has 2 aromatic carbocycles. The van der Waals surface area contributed by atoms with Crippen LogP contribution in [0, 0.1) is 6.92 Å². The molecule has 0 spiro atoms. The number of allylic oxidation sites excluding steroid dienone is 1. The number of para-hydroxylation sites is 1. The van der Waals surface area contributed by atoms with Crippen molar-refractivity contribution in [2.75, 3.05) is 4.31 Å². The number of hydrogen-bond donors (Lipinski definition) is 0. The minimum absolute atomic E-state index is 0.314. The van der Waals surface area contributed by atoms with Crippen LogP contribution in [0.1, 0.15) is 17.5 Å². The number of nitrogens with zero attached hydrogens (tertiary/aromatic N) is 1. The third-order valence-corrected chi connectivity index (χ3v) is 5.33. The number of benzene rings is 2. The second kappa shape index (κ2) is 5.37. The van der Waals surface area contributed by atoms with E-state index in [2.05, 4.69) is 0 Å². The highest BCUT2D eigenvalue weighted by Gasteiger charge is 2.25. The summed E-state index contributed by atoms with van der Waals surface area (Å²) in [6.07, 6.45) is 5.27. The lowest BCUT2D eigenvalue weighted by Gasteiger charge is -2.22. The van der Waals surface area contributed by atoms with Crippen LogP contribution in [0.3, 0.4) is 0 Å². The molecule has 0 bridgehead atoms. The van der Waals surface area contributed by atoms with Crippen molar-refractivity contribution in [3.8, 4) is 0 Å². The molecule has 0 saturated heterocycles. The zero-order valence-corrected chi connectivity index (χ0v) is 12.7. The van der Waals surface area contributed by atoms with Gasteiger partial charge in [0, 0.05) is 6.20 Å². The first-order valence-electron chi connectivity index (χ1n) is 6.95. The van der Waals surface area contributed by atoms with E-state index in [0.717, 1.165) is 29.7 Å². The number of rotatable bonds is 2. The normalized spacial score (nSPS) is 14.6. The Balaban J connectivity index is 2.12. The van der Waals surface area contributed by atoms with Gasteiger partial charge < -0.3 is 0 Å². The topological polar surface area (TPSA) is 37.4 Å². The van der Waals surface area contributed by atoms with E-state index in [1.807, 2.05) is 49.4 Å². The second-order valence-electron chi connectivity index (χ2n) is 5.17. The highest BCUT2D eigenvalue weighted by atomic mass is 32.2. The van der Waals surface area contributed by atoms with Crippen LogP contribution in [0.4, 0.5) is 5.69 Å². The summed E-state index contributed by atoms with van der Waals surface area (Å²) in [5.74, 6) is 0. The molecule has 21 heavy (non-hydrogen) atoms. The summed E-state index contributed by atoms with van der Waals surface area (Å²) < 4.78 is 27.2. The molecule has 0 fully saturated rings. The SMILES string of the molecule is Cc1ccc(S(=O)(=O)N2C=CCCc3ccccc32)cc1. The zero-order valence-electron chi connectivity index (χ0n) is 11.9. The highest BCUT2D eigenvalue weighted by molar-refractivity contribution is 7.93. The van der Waals surface area contributed by atoms with E-state index in [9.17, 15) is 8.42 Å². The van der Waals surface area contributed by atoms with Crippen LogP contribution in [-0.4, -0.2) is 8.42 Å². The van der Waals surface area contributed by atoms with E-state index in [-0.39, 0.29) is 0 Å². The lowest BCUT2D eigenvalue weighted by atomic mass is 10.1. The van der Waals surface area contributed by atoms with Gasteiger partial charge in [-0.1, -0.05) is 42.0 Å². The molecule has 0 saturated carbocycles. The Kier molecular flexibility index (Phi) is 3.55. The molecule has 0 atom stereocenters. The van der Waals surface area contributed by atoms with Gasteiger partial charge in [0.1, 0.15) is 0 Å². The summed E-state index contributed by atoms with van der Waals surface area (Å²) in [6.45, 7) is 1.94. The van der Waals surface area contributed by atoms with E-state index in [1.165, 1.54) is 4.31 Å². The average Bonchev–Trinajstić information content (AvgIpc) is 2.70. The standard InChI is InChI=1S/C17H17NO2S/c1-14-9-11-16(12-10-14)21(19,20)18-13-5-4-7-15-6-2-3-8-17(15)18/h2-3,5-6,8-13H,4,7H2,1H3. The maximum absolute atomic E-state index is 12.9. The molecule has 108 valence electrons. The van der Waals surface area contributed by atoms with Gasteiger partial charge in [0.2, 0.25) is 0 Å². The first-order chi connectivity index (χ1) is 10.1. The Morgan fingerprint density at radius 2 is 1.71 bits per heavy atom. The second-order valence-corrected chi connectivity index (χ2v) is 6.98. The van der Waals surface area contributed by atoms with E-state index in [4.69, 9.17) is 0 Å². The van der Waals surface area contributed by atoms with Crippen molar-refractivity contribution in [2.24, 2.45) is 0 Å². The average molecular weight is 299 g/mol. The predicted molar refractivity (Wildman–Crippen MR) is 84.7 cm³/mol. The third-order valence-electron chi connectivity index (χ3n) is 3.63. The summed E-state index contributed by atoms with van der Waals surface area (Å²) >= 11 is 0. The molecule has 4 heteroatoms. The van der Waals surface area contributed by atoms with Crippen molar-refractivity contribution < 1.29 is 8.42 Å². The summed E-state index contributed by atoms with van der Waals surface area (Å²) in [5.41, 5.74) is 2.84. The van der Waals surface area contributed by atoms with Crippen molar-refractivity contribution in [1.29, 1.82) is 0 Å². The lowest BCUT2D eigenvalue weighted by Crippen LogP contribution is -2.26. The van der Waals surface area contributed by atoms with Gasteiger partial charge in [-0.3, -0.25) is 0 Å². The van der Waals surface area contributed by atoms with Crippen LogP contribution in [0.25, 0.3) is 0 Å². The van der Waals surface area contributed by atoms with Crippen LogP contribution in [0.2, 0.25) is 0 Å². The zero-order chi connectivity index (χ0) is 14.9. The fraction of sp³-hybridized carbons (Fsp3) is 0.176. The highest BCUT2D eigenvalue weighted by Crippen LogP contribution is 2.30. The summed E-state index contributed by atoms with van der Waals surface area (Å²) in [4.78, 5) is 0.314. The molecule has 1 heterocycles. The molecule has 0 radical (unpaired) electrons. The van der Waals surface area contributed by atoms with E-state index < -0.39 is 10.0 Å². The minimum Gasteiger partial charge on any atom is -0.242 e. The van der Waals surface area contributed by atoms with Crippen LogP contribution >= 0.6 is 0 Å². The van der Waals surface area contributed by atoms with Crippen LogP contribution in [-0.2, 0) is 16.4 Å². The van der Waals surface area contributed by atoms with E-state index in [0.29, 0.717) is 4.90 Å². The van der Waals surface area contributed by atoms with Gasteiger partial charge in [-0.05, 0) is 43.5 Å². The Bertz CT molecular complexity index is 777. The van der Waals surface area contributed by atoms with Gasteiger partial charge in [-0.2, -0.15) is 0 Å². The molecule has 2 aromatic rings. The molecule has 0 aliphatic carbocycles. The van der Waals surface area contributed by atoms with E-state index in [1.54, 1.807) is 18.3 Å². The third kappa shape index (κ3) is 2.59. The Labute approximate surface area is 125 Å². The molecular weight excluding hydrogens is 282 g/mol. The number of aryl methyl sites for hydroxylation is 2. The molecule has 0 unspecified atom stereocenters. The molecule has 1 aliphatic heterocycles. The molecular formula is C17H17NO2S. The fourth-order valence-corrected chi connectivity index (χ4v) is 3.85. The van der Waals surface area contributed by atoms with Gasteiger partial charge in [0.25, 0.3) is 10.0 Å². The summed E-state index contributed by atoms with van der Waals surface area (Å²) in [7, 11) is -3.57. The maximum atomic E-state index is 12.9. The van der Waals surface area contributed by atoms with E-state index >= 15 is 0 Å². The van der Waals surface area contributed by atoms with Crippen molar-refractivity contribution in [3.05, 3.63) is 71.9 Å². The number of sulfonamides is 1. The summed E-state index contributed by atoms with van der Waals surface area (Å²) in [5, 5.41) is 0. The molecule has 1 aliphatic rings. The quantitative estimate of drug-likeness (QED) is 0.849. The van der Waals surface area contributed by atoms with Crippen LogP contribution in [0.15, 0.2) is 65.7 Å². The first kappa shape index (κ1) is 13.9. The van der Waals surface area contributed by atoms with Crippen molar-refractivity contribution in [1.82, 2.24) is 0 Å². The minimum atomic E-state index is -3.57. The lowest BCUT2D eigenvalue weighted by molar-refractivity contribution is 0.596. The fourth-order valence-electron chi connectivity index (χ4n) is 2.46. The van der Waals surface area contributed by atoms with Gasteiger partial charge in [-0.15, -0.1) is 0 Å². The van der Waals surface area contributed by atoms with Crippen LogP contribution < -0.4 is 4.31 Å². The monoisotopic (exact) mass is 299 g/mol. The Hall–Kier alpha value is -2.07. The molecule has 0 amide bonds. The maximum Gasteiger partial charge on any atom is 0.268 e. The van der Waals surface area contributed by atoms with Crippen molar-refractivity contribution in [3.63, 3.8) is 0 Å². The predicted octanol–water partition coefficient (Wildman–Crippen LogP) is 3.65. The Morgan fingerprint density at radius 1 is 1.00 bits per heavy atom. The van der Waals surface area contributed by atoms with Gasteiger partial charge in [0.05, 0.1) is 10.6 Å². The number of fused-ring (bicyclic) bond motifs is 1. The summed E-state index contributed by atoms with van der Waals surface area (Å²) in [6, 6.07) is 14.6. The Morgan fingerprint density at radius 3 is 2.48 bits per heavy atom. The molecule has 3 rings (SSSR count). The first-order valence-corrected chi connectivity index (χ1v) is 8.39. The van der Waals surface area contributed by atoms with Crippen LogP contribution in [0.5, 0.6) is 0 Å². The van der Waals surface area contributed by atoms with Gasteiger partial charge >= 0.3 is 0 Å². The smallest absolute Gasteiger partial charge is 0.242 e. The van der Waals surface area contributed by atoms with Crippen molar-refractivity contribution in [2.45, 2.75) is 24.7 Å². The van der Waals surface area contributed by atoms with Gasteiger partial charge in [0.15, 0.2) is 0 Å². The molecule has 3 nitrogen and oxygen atoms in total. The number of anilines is 1. The van der Waals surface area contributed by atoms with Gasteiger partial charge in [-0.25, -0.2) is 12.7 Å². The number of hydrogen-bond acceptors (Lipinski definition) is 2. The van der Waals surface area contributed by atoms with Crippen molar-refractivity contribution >= 4 is 15.7 Å². The molecule has 0 N–H and O–H groups in total. The largest absolute Gasteiger partial charge is 0.268 e. The molecule has 0 aromatic heterocycles.